The number of ether oxygens (including phenoxy) is 6. The first-order chi connectivity index (χ1) is 45.3. The maximum atomic E-state index is 13.5. The lowest BCUT2D eigenvalue weighted by Gasteiger charge is -2.48. The minimum atomic E-state index is -1.97. The highest BCUT2D eigenvalue weighted by Crippen LogP contribution is 2.33. The second-order valence-electron chi connectivity index (χ2n) is 26.7. The van der Waals surface area contributed by atoms with Crippen LogP contribution < -0.4 is 5.32 Å². The summed E-state index contributed by atoms with van der Waals surface area (Å²) in [7, 11) is 0. The lowest BCUT2D eigenvalue weighted by molar-refractivity contribution is -0.379. The zero-order chi connectivity index (χ0) is 67.5. The Morgan fingerprint density at radius 2 is 0.742 bits per heavy atom. The fourth-order valence-electron chi connectivity index (χ4n) is 12.7. The normalized spacial score (nSPS) is 27.8. The van der Waals surface area contributed by atoms with E-state index in [1.807, 2.05) is 0 Å². The maximum absolute atomic E-state index is 13.5. The molecule has 19 heteroatoms. The van der Waals surface area contributed by atoms with Crippen LogP contribution in [0.4, 0.5) is 0 Å². The second-order valence-corrected chi connectivity index (χ2v) is 26.7. The molecule has 3 saturated heterocycles. The van der Waals surface area contributed by atoms with Crippen LogP contribution in [0.25, 0.3) is 0 Å². The molecule has 17 unspecified atom stereocenters. The van der Waals surface area contributed by atoms with Crippen molar-refractivity contribution in [1.82, 2.24) is 5.32 Å². The first kappa shape index (κ1) is 85.0. The van der Waals surface area contributed by atoms with Crippen LogP contribution in [-0.2, 0) is 33.2 Å². The zero-order valence-corrected chi connectivity index (χ0v) is 57.7. The third-order valence-corrected chi connectivity index (χ3v) is 18.7. The summed E-state index contributed by atoms with van der Waals surface area (Å²) < 4.78 is 34.5. The Morgan fingerprint density at radius 1 is 0.398 bits per heavy atom. The van der Waals surface area contributed by atoms with Gasteiger partial charge in [0.15, 0.2) is 18.9 Å². The molecule has 3 rings (SSSR count). The van der Waals surface area contributed by atoms with Crippen LogP contribution in [0.3, 0.4) is 0 Å². The molecule has 3 aliphatic rings. The molecule has 0 radical (unpaired) electrons. The first-order valence-corrected chi connectivity index (χ1v) is 37.4. The molecule has 3 heterocycles. The smallest absolute Gasteiger partial charge is 0.220 e. The molecule has 0 bridgehead atoms. The molecule has 93 heavy (non-hydrogen) atoms. The summed E-state index contributed by atoms with van der Waals surface area (Å²) in [6, 6.07) is -0.891. The summed E-state index contributed by atoms with van der Waals surface area (Å²) in [5.74, 6) is -0.243. The van der Waals surface area contributed by atoms with Gasteiger partial charge in [0, 0.05) is 6.42 Å². The number of amides is 1. The van der Waals surface area contributed by atoms with Gasteiger partial charge in [-0.3, -0.25) is 4.79 Å². The number of hydrogen-bond acceptors (Lipinski definition) is 18. The summed E-state index contributed by atoms with van der Waals surface area (Å²) in [5.41, 5.74) is 0. The Morgan fingerprint density at radius 3 is 1.16 bits per heavy atom. The number of allylic oxidation sites excluding steroid dienone is 8. The molecule has 544 valence electrons. The summed E-state index contributed by atoms with van der Waals surface area (Å²) in [6.07, 6.45) is 40.4. The van der Waals surface area contributed by atoms with Crippen molar-refractivity contribution < 1.29 is 89.4 Å². The minimum absolute atomic E-state index is 0.243. The molecule has 12 N–H and O–H groups in total. The average molecular weight is 1330 g/mol. The van der Waals surface area contributed by atoms with E-state index in [2.05, 4.69) is 67.8 Å². The Bertz CT molecular complexity index is 1870. The van der Waals surface area contributed by atoms with Crippen molar-refractivity contribution in [2.45, 2.75) is 388 Å². The molecule has 17 atom stereocenters. The predicted molar refractivity (Wildman–Crippen MR) is 365 cm³/mol. The van der Waals surface area contributed by atoms with Gasteiger partial charge in [0.25, 0.3) is 0 Å². The number of carbonyl (C=O) groups is 1. The van der Waals surface area contributed by atoms with E-state index >= 15 is 0 Å². The maximum Gasteiger partial charge on any atom is 0.220 e. The Kier molecular flexibility index (Phi) is 50.8. The van der Waals surface area contributed by atoms with Gasteiger partial charge in [0.1, 0.15) is 73.2 Å². The Labute approximate surface area is 561 Å². The summed E-state index contributed by atoms with van der Waals surface area (Å²) in [4.78, 5) is 13.5. The number of rotatable bonds is 58. The quantitative estimate of drug-likeness (QED) is 0.0199. The molecular weight excluding hydrogens is 1190 g/mol. The molecule has 0 aliphatic carbocycles. The van der Waals surface area contributed by atoms with E-state index in [9.17, 15) is 61.0 Å². The van der Waals surface area contributed by atoms with E-state index in [-0.39, 0.29) is 18.9 Å². The number of nitrogens with one attached hydrogen (secondary N) is 1. The molecular formula is C74H135NO18. The number of hydrogen-bond donors (Lipinski definition) is 12. The van der Waals surface area contributed by atoms with Crippen LogP contribution in [-0.4, -0.2) is 193 Å². The molecule has 0 saturated carbocycles. The van der Waals surface area contributed by atoms with Crippen molar-refractivity contribution in [2.24, 2.45) is 0 Å². The highest BCUT2D eigenvalue weighted by molar-refractivity contribution is 5.76. The van der Waals surface area contributed by atoms with E-state index in [0.29, 0.717) is 12.8 Å². The standard InChI is InChI=1S/C74H135NO18/c1-3-5-7-9-11-13-15-17-19-21-23-25-27-28-30-32-34-36-38-40-42-44-46-48-50-52-62(80)75-57(58(79)51-49-47-45-43-41-39-37-35-33-31-29-26-24-22-20-18-16-14-12-10-8-6-4-2)56-88-72-68(86)65(83)70(60(54-77)90-72)93-74-69(87)66(84)71(61(55-78)91-74)92-73-67(85)64(82)63(81)59(53-76)89-73/h5,7,11,13,17,19,23,25,57-61,63-74,76-79,81-87H,3-4,6,8-10,12,14-16,18,20-22,24,26-56H2,1-2H3,(H,75,80)/b7-5-,13-11-,19-17-,25-23-. The van der Waals surface area contributed by atoms with Crippen LogP contribution in [0, 0.1) is 0 Å². The highest BCUT2D eigenvalue weighted by atomic mass is 16.8. The van der Waals surface area contributed by atoms with Gasteiger partial charge in [-0.15, -0.1) is 0 Å². The van der Waals surface area contributed by atoms with E-state index in [4.69, 9.17) is 28.4 Å². The summed E-state index contributed by atoms with van der Waals surface area (Å²) in [5, 5.41) is 121. The summed E-state index contributed by atoms with van der Waals surface area (Å²) >= 11 is 0. The highest BCUT2D eigenvalue weighted by Gasteiger charge is 2.53. The van der Waals surface area contributed by atoms with Crippen molar-refractivity contribution in [3.8, 4) is 0 Å². The molecule has 1 amide bonds. The molecule has 3 aliphatic heterocycles. The van der Waals surface area contributed by atoms with E-state index in [1.54, 1.807) is 0 Å². The van der Waals surface area contributed by atoms with Gasteiger partial charge < -0.3 is 89.9 Å². The van der Waals surface area contributed by atoms with Gasteiger partial charge in [-0.05, 0) is 51.4 Å². The van der Waals surface area contributed by atoms with Crippen molar-refractivity contribution >= 4 is 5.91 Å². The zero-order valence-electron chi connectivity index (χ0n) is 57.7. The van der Waals surface area contributed by atoms with Gasteiger partial charge in [-0.1, -0.05) is 274 Å². The van der Waals surface area contributed by atoms with Crippen LogP contribution in [0.5, 0.6) is 0 Å². The Balaban J connectivity index is 1.40. The van der Waals surface area contributed by atoms with Gasteiger partial charge in [0.05, 0.1) is 38.6 Å². The lowest BCUT2D eigenvalue weighted by Crippen LogP contribution is -2.66. The van der Waals surface area contributed by atoms with Crippen LogP contribution in [0.1, 0.15) is 284 Å². The number of aliphatic hydroxyl groups is 11. The second kappa shape index (κ2) is 55.6. The summed E-state index contributed by atoms with van der Waals surface area (Å²) in [6.45, 7) is 1.72. The third kappa shape index (κ3) is 37.0. The minimum Gasteiger partial charge on any atom is -0.394 e. The Hall–Kier alpha value is -2.25. The number of aliphatic hydroxyl groups excluding tert-OH is 11. The number of carbonyl (C=O) groups excluding carboxylic acids is 1. The van der Waals surface area contributed by atoms with Crippen LogP contribution in [0.15, 0.2) is 48.6 Å². The predicted octanol–water partition coefficient (Wildman–Crippen LogP) is 10.9. The van der Waals surface area contributed by atoms with E-state index in [0.717, 1.165) is 77.0 Å². The molecule has 0 aromatic heterocycles. The first-order valence-electron chi connectivity index (χ1n) is 37.4. The largest absolute Gasteiger partial charge is 0.394 e. The topological polar surface area (TPSA) is 307 Å². The molecule has 0 spiro atoms. The average Bonchev–Trinajstić information content (AvgIpc) is 0.819. The fraction of sp³-hybridized carbons (Fsp3) is 0.878. The van der Waals surface area contributed by atoms with Gasteiger partial charge in [0.2, 0.25) is 5.91 Å². The van der Waals surface area contributed by atoms with Gasteiger partial charge >= 0.3 is 0 Å². The molecule has 19 nitrogen and oxygen atoms in total. The fourth-order valence-corrected chi connectivity index (χ4v) is 12.7. The SMILES string of the molecule is CC/C=C\C/C=C\C/C=C\C/C=C\CCCCCCCCCCCCCCC(=O)NC(COC1OC(CO)C(OC2OC(CO)C(OC3OC(CO)C(O)C(O)C3O)C(O)C2O)C(O)C1O)C(O)CCCCCCCCCCCCCCCCCCCCCCCCC. The van der Waals surface area contributed by atoms with Crippen molar-refractivity contribution in [2.75, 3.05) is 26.4 Å². The van der Waals surface area contributed by atoms with Gasteiger partial charge in [-0.25, -0.2) is 0 Å². The van der Waals surface area contributed by atoms with Crippen molar-refractivity contribution in [1.29, 1.82) is 0 Å². The third-order valence-electron chi connectivity index (χ3n) is 18.7. The van der Waals surface area contributed by atoms with Crippen molar-refractivity contribution in [3.63, 3.8) is 0 Å². The van der Waals surface area contributed by atoms with Crippen LogP contribution in [0.2, 0.25) is 0 Å². The van der Waals surface area contributed by atoms with E-state index in [1.165, 1.54) is 173 Å². The van der Waals surface area contributed by atoms with Crippen molar-refractivity contribution in [3.05, 3.63) is 48.6 Å². The molecule has 0 aromatic carbocycles. The van der Waals surface area contributed by atoms with Crippen LogP contribution >= 0.6 is 0 Å². The molecule has 0 aromatic rings. The monoisotopic (exact) mass is 1330 g/mol. The molecule has 3 fully saturated rings. The van der Waals surface area contributed by atoms with E-state index < -0.39 is 124 Å². The van der Waals surface area contributed by atoms with Gasteiger partial charge in [-0.2, -0.15) is 0 Å². The number of unbranched alkanes of at least 4 members (excludes halogenated alkanes) is 34. The lowest BCUT2D eigenvalue weighted by atomic mass is 9.96.